The number of aromatic nitrogens is 2. The van der Waals surface area contributed by atoms with Crippen LogP contribution in [-0.4, -0.2) is 68.6 Å². The average molecular weight is 510 g/mol. The third-order valence-electron chi connectivity index (χ3n) is 5.52. The molecule has 12 heteroatoms. The van der Waals surface area contributed by atoms with Crippen LogP contribution in [0.1, 0.15) is 41.5 Å². The fourth-order valence-corrected chi connectivity index (χ4v) is 3.74. The van der Waals surface area contributed by atoms with E-state index in [2.05, 4.69) is 15.3 Å². The monoisotopic (exact) mass is 509 g/mol. The Morgan fingerprint density at radius 2 is 1.72 bits per heavy atom. The third-order valence-corrected chi connectivity index (χ3v) is 5.52. The van der Waals surface area contributed by atoms with Gasteiger partial charge in [0.25, 0.3) is 0 Å². The molecule has 1 aliphatic heterocycles. The summed E-state index contributed by atoms with van der Waals surface area (Å²) in [5.41, 5.74) is -1.18. The number of halogens is 3. The van der Waals surface area contributed by atoms with Gasteiger partial charge in [0, 0.05) is 31.8 Å². The van der Waals surface area contributed by atoms with Crippen LogP contribution in [0, 0.1) is 17.5 Å². The van der Waals surface area contributed by atoms with E-state index in [1.165, 1.54) is 6.20 Å². The van der Waals surface area contributed by atoms with Gasteiger partial charge in [0.2, 0.25) is 17.5 Å². The van der Waals surface area contributed by atoms with Crippen LogP contribution >= 0.6 is 0 Å². The Morgan fingerprint density at radius 1 is 1.08 bits per heavy atom. The van der Waals surface area contributed by atoms with Crippen molar-refractivity contribution in [3.63, 3.8) is 0 Å². The van der Waals surface area contributed by atoms with Gasteiger partial charge in [-0.15, -0.1) is 0 Å². The molecule has 0 spiro atoms. The van der Waals surface area contributed by atoms with Crippen LogP contribution in [-0.2, 0) is 9.53 Å². The second-order valence-corrected chi connectivity index (χ2v) is 10.1. The maximum atomic E-state index is 13.8. The van der Waals surface area contributed by atoms with E-state index in [1.54, 1.807) is 11.8 Å². The van der Waals surface area contributed by atoms with Crippen LogP contribution in [0.15, 0.2) is 24.5 Å². The minimum atomic E-state index is -1.23. The number of carbonyl (C=O) groups excluding carboxylic acids is 2. The quantitative estimate of drug-likeness (QED) is 0.640. The topological polar surface area (TPSA) is 96.9 Å². The van der Waals surface area contributed by atoms with E-state index in [9.17, 15) is 22.8 Å². The molecule has 1 N–H and O–H groups in total. The Kier molecular flexibility index (Phi) is 7.77. The van der Waals surface area contributed by atoms with Gasteiger partial charge in [-0.1, -0.05) is 0 Å². The Balaban J connectivity index is 1.59. The summed E-state index contributed by atoms with van der Waals surface area (Å²) in [7, 11) is 0. The van der Waals surface area contributed by atoms with E-state index in [0.29, 0.717) is 31.8 Å². The van der Waals surface area contributed by atoms with Gasteiger partial charge >= 0.3 is 6.09 Å². The standard InChI is InChI=1S/C24H30F3N5O4/c1-14(31-7-8-32(24(5,6)13-31)22(34)36-23(2,3)4)21(33)30-18-11-29-19(12-28-18)35-20-16(26)9-15(25)10-17(20)27/h9-12,14H,7-8,13H2,1-6H3,(H,28,30,33). The molecule has 2 heterocycles. The SMILES string of the molecule is CC(C(=O)Nc1cnc(Oc2c(F)cc(F)cc2F)cn1)N1CCN(C(=O)OC(C)(C)C)C(C)(C)C1. The first-order valence-corrected chi connectivity index (χ1v) is 11.4. The zero-order valence-corrected chi connectivity index (χ0v) is 21.1. The molecule has 0 saturated carbocycles. The second-order valence-electron chi connectivity index (χ2n) is 10.1. The Labute approximate surface area is 207 Å². The molecule has 2 aromatic rings. The smallest absolute Gasteiger partial charge is 0.410 e. The number of carbonyl (C=O) groups is 2. The van der Waals surface area contributed by atoms with Gasteiger partial charge in [-0.3, -0.25) is 9.69 Å². The van der Waals surface area contributed by atoms with Crippen LogP contribution in [0.25, 0.3) is 0 Å². The lowest BCUT2D eigenvalue weighted by molar-refractivity contribution is -0.122. The predicted octanol–water partition coefficient (Wildman–Crippen LogP) is 4.34. The number of hydrogen-bond donors (Lipinski definition) is 1. The van der Waals surface area contributed by atoms with Gasteiger partial charge in [0.1, 0.15) is 11.4 Å². The lowest BCUT2D eigenvalue weighted by Gasteiger charge is -2.48. The molecule has 36 heavy (non-hydrogen) atoms. The molecule has 1 aliphatic rings. The molecule has 0 aliphatic carbocycles. The van der Waals surface area contributed by atoms with Crippen LogP contribution in [0.3, 0.4) is 0 Å². The molecular formula is C24H30F3N5O4. The Morgan fingerprint density at radius 3 is 2.25 bits per heavy atom. The first-order valence-electron chi connectivity index (χ1n) is 11.4. The summed E-state index contributed by atoms with van der Waals surface area (Å²) >= 11 is 0. The van der Waals surface area contributed by atoms with Gasteiger partial charge in [-0.05, 0) is 41.5 Å². The molecule has 9 nitrogen and oxygen atoms in total. The summed E-state index contributed by atoms with van der Waals surface area (Å²) in [5.74, 6) is -4.84. The number of rotatable bonds is 5. The van der Waals surface area contributed by atoms with E-state index in [0.717, 1.165) is 6.20 Å². The summed E-state index contributed by atoms with van der Waals surface area (Å²) in [5, 5.41) is 2.64. The number of amides is 2. The molecule has 1 unspecified atom stereocenters. The first kappa shape index (κ1) is 27.2. The van der Waals surface area contributed by atoms with Crippen molar-refractivity contribution in [2.45, 2.75) is 58.7 Å². The molecule has 1 atom stereocenters. The summed E-state index contributed by atoms with van der Waals surface area (Å²) in [6.07, 6.45) is 1.84. The number of anilines is 1. The van der Waals surface area contributed by atoms with E-state index >= 15 is 0 Å². The van der Waals surface area contributed by atoms with E-state index < -0.39 is 46.5 Å². The van der Waals surface area contributed by atoms with Gasteiger partial charge in [0.05, 0.1) is 24.0 Å². The van der Waals surface area contributed by atoms with Gasteiger partial charge in [-0.25, -0.2) is 27.9 Å². The molecule has 1 saturated heterocycles. The molecule has 0 radical (unpaired) electrons. The number of piperazine rings is 1. The minimum Gasteiger partial charge on any atom is -0.444 e. The minimum absolute atomic E-state index is 0.103. The maximum absolute atomic E-state index is 13.8. The normalized spacial score (nSPS) is 16.9. The molecule has 3 rings (SSSR count). The molecule has 1 aromatic heterocycles. The lowest BCUT2D eigenvalue weighted by Crippen LogP contribution is -2.64. The first-order chi connectivity index (χ1) is 16.7. The highest BCUT2D eigenvalue weighted by Gasteiger charge is 2.41. The van der Waals surface area contributed by atoms with Crippen molar-refractivity contribution in [1.82, 2.24) is 19.8 Å². The summed E-state index contributed by atoms with van der Waals surface area (Å²) in [6.45, 7) is 12.3. The van der Waals surface area contributed by atoms with Crippen molar-refractivity contribution in [1.29, 1.82) is 0 Å². The summed E-state index contributed by atoms with van der Waals surface area (Å²) < 4.78 is 51.1. The number of hydrogen-bond acceptors (Lipinski definition) is 7. The number of ether oxygens (including phenoxy) is 2. The van der Waals surface area contributed by atoms with Crippen molar-refractivity contribution >= 4 is 17.8 Å². The highest BCUT2D eigenvalue weighted by Crippen LogP contribution is 2.28. The zero-order valence-electron chi connectivity index (χ0n) is 21.1. The highest BCUT2D eigenvalue weighted by atomic mass is 19.1. The van der Waals surface area contributed by atoms with E-state index in [-0.39, 0.29) is 17.6 Å². The van der Waals surface area contributed by atoms with E-state index in [1.807, 2.05) is 39.5 Å². The lowest BCUT2D eigenvalue weighted by atomic mass is 9.98. The largest absolute Gasteiger partial charge is 0.444 e. The van der Waals surface area contributed by atoms with E-state index in [4.69, 9.17) is 9.47 Å². The zero-order chi connectivity index (χ0) is 26.8. The Hall–Kier alpha value is -3.41. The fourth-order valence-electron chi connectivity index (χ4n) is 3.74. The van der Waals surface area contributed by atoms with Crippen LogP contribution in [0.2, 0.25) is 0 Å². The molecule has 0 bridgehead atoms. The second kappa shape index (κ2) is 10.3. The number of benzene rings is 1. The fraction of sp³-hybridized carbons (Fsp3) is 0.500. The predicted molar refractivity (Wildman–Crippen MR) is 125 cm³/mol. The van der Waals surface area contributed by atoms with Crippen molar-refractivity contribution in [3.8, 4) is 11.6 Å². The van der Waals surface area contributed by atoms with Gasteiger partial charge in [0.15, 0.2) is 17.5 Å². The molecule has 1 aromatic carbocycles. The number of nitrogens with one attached hydrogen (secondary N) is 1. The highest BCUT2D eigenvalue weighted by molar-refractivity contribution is 5.93. The maximum Gasteiger partial charge on any atom is 0.410 e. The number of nitrogens with zero attached hydrogens (tertiary/aromatic N) is 4. The average Bonchev–Trinajstić information content (AvgIpc) is 2.74. The molecule has 1 fully saturated rings. The van der Waals surface area contributed by atoms with Crippen LogP contribution < -0.4 is 10.1 Å². The molecular weight excluding hydrogens is 479 g/mol. The van der Waals surface area contributed by atoms with Crippen molar-refractivity contribution in [2.24, 2.45) is 0 Å². The Bertz CT molecular complexity index is 1100. The summed E-state index contributed by atoms with van der Waals surface area (Å²) in [4.78, 5) is 36.9. The molecule has 2 amide bonds. The van der Waals surface area contributed by atoms with Crippen LogP contribution in [0.5, 0.6) is 11.6 Å². The third kappa shape index (κ3) is 6.62. The van der Waals surface area contributed by atoms with Gasteiger partial charge < -0.3 is 19.7 Å². The van der Waals surface area contributed by atoms with Crippen molar-refractivity contribution < 1.29 is 32.2 Å². The van der Waals surface area contributed by atoms with Crippen molar-refractivity contribution in [2.75, 3.05) is 25.0 Å². The summed E-state index contributed by atoms with van der Waals surface area (Å²) in [6, 6.07) is 0.414. The molecule has 196 valence electrons. The van der Waals surface area contributed by atoms with Crippen molar-refractivity contribution in [3.05, 3.63) is 42.0 Å². The van der Waals surface area contributed by atoms with Gasteiger partial charge in [-0.2, -0.15) is 0 Å². The van der Waals surface area contributed by atoms with Crippen LogP contribution in [0.4, 0.5) is 23.8 Å².